The van der Waals surface area contributed by atoms with Crippen LogP contribution in [-0.4, -0.2) is 24.0 Å². The number of carbonyl (C=O) groups is 1. The quantitative estimate of drug-likeness (QED) is 0.727. The van der Waals surface area contributed by atoms with Crippen molar-refractivity contribution in [3.05, 3.63) is 66.4 Å². The molecule has 0 atom stereocenters. The van der Waals surface area contributed by atoms with Gasteiger partial charge in [-0.05, 0) is 43.7 Å². The number of aromatic nitrogens is 1. The van der Waals surface area contributed by atoms with Gasteiger partial charge in [0.2, 0.25) is 5.91 Å². The molecule has 0 aliphatic rings. The molecule has 4 nitrogen and oxygen atoms in total. The lowest BCUT2D eigenvalue weighted by molar-refractivity contribution is -0.118. The van der Waals surface area contributed by atoms with Crippen molar-refractivity contribution in [3.63, 3.8) is 0 Å². The van der Waals surface area contributed by atoms with Gasteiger partial charge in [-0.1, -0.05) is 30.3 Å². The van der Waals surface area contributed by atoms with Crippen LogP contribution < -0.4 is 10.2 Å². The molecule has 25 heavy (non-hydrogen) atoms. The second-order valence-electron chi connectivity index (χ2n) is 6.03. The molecule has 1 N–H and O–H groups in total. The molecule has 0 bridgehead atoms. The van der Waals surface area contributed by atoms with Crippen molar-refractivity contribution in [2.24, 2.45) is 0 Å². The first kappa shape index (κ1) is 17.0. The van der Waals surface area contributed by atoms with E-state index in [9.17, 15) is 4.79 Å². The first-order valence-electron chi connectivity index (χ1n) is 8.63. The second-order valence-corrected chi connectivity index (χ2v) is 6.03. The molecule has 4 heteroatoms. The van der Waals surface area contributed by atoms with E-state index in [1.807, 2.05) is 73.3 Å². The van der Waals surface area contributed by atoms with Gasteiger partial charge in [-0.15, -0.1) is 0 Å². The maximum Gasteiger partial charge on any atom is 0.228 e. The number of amides is 1. The standard InChI is InChI=1S/C21H23N3O/c1-3-24(18-10-4-7-16(2)15-18)20(25)12-14-22-19-11-5-8-17-9-6-13-23-21(17)19/h4-11,13,15,22H,3,12,14H2,1-2H3. The van der Waals surface area contributed by atoms with Crippen molar-refractivity contribution >= 4 is 28.2 Å². The molecular formula is C21H23N3O. The Bertz CT molecular complexity index is 870. The van der Waals surface area contributed by atoms with E-state index in [1.54, 1.807) is 6.20 Å². The number of rotatable bonds is 6. The number of benzene rings is 2. The monoisotopic (exact) mass is 333 g/mol. The Kier molecular flexibility index (Phi) is 5.29. The van der Waals surface area contributed by atoms with Crippen LogP contribution >= 0.6 is 0 Å². The topological polar surface area (TPSA) is 45.2 Å². The minimum atomic E-state index is 0.119. The zero-order valence-electron chi connectivity index (χ0n) is 14.7. The minimum absolute atomic E-state index is 0.119. The molecule has 3 aromatic rings. The molecule has 0 radical (unpaired) electrons. The van der Waals surface area contributed by atoms with Crippen molar-refractivity contribution in [2.45, 2.75) is 20.3 Å². The molecule has 0 saturated heterocycles. The van der Waals surface area contributed by atoms with Crippen LogP contribution in [0.5, 0.6) is 0 Å². The summed E-state index contributed by atoms with van der Waals surface area (Å²) >= 11 is 0. The lowest BCUT2D eigenvalue weighted by Gasteiger charge is -2.21. The number of pyridine rings is 1. The summed E-state index contributed by atoms with van der Waals surface area (Å²) in [6.45, 7) is 5.29. The lowest BCUT2D eigenvalue weighted by Crippen LogP contribution is -2.31. The van der Waals surface area contributed by atoms with Crippen LogP contribution in [0.25, 0.3) is 10.9 Å². The molecule has 128 valence electrons. The molecule has 1 amide bonds. The zero-order chi connectivity index (χ0) is 17.6. The summed E-state index contributed by atoms with van der Waals surface area (Å²) in [5.74, 6) is 0.119. The highest BCUT2D eigenvalue weighted by Gasteiger charge is 2.13. The average Bonchev–Trinajstić information content (AvgIpc) is 2.63. The third-order valence-electron chi connectivity index (χ3n) is 4.22. The van der Waals surface area contributed by atoms with E-state index in [4.69, 9.17) is 0 Å². The molecule has 2 aromatic carbocycles. The number of fused-ring (bicyclic) bond motifs is 1. The number of carbonyl (C=O) groups excluding carboxylic acids is 1. The van der Waals surface area contributed by atoms with Crippen molar-refractivity contribution in [1.29, 1.82) is 0 Å². The van der Waals surface area contributed by atoms with Gasteiger partial charge in [0.25, 0.3) is 0 Å². The highest BCUT2D eigenvalue weighted by Crippen LogP contribution is 2.21. The molecule has 0 saturated carbocycles. The van der Waals surface area contributed by atoms with Gasteiger partial charge in [0.1, 0.15) is 0 Å². The predicted molar refractivity (Wildman–Crippen MR) is 104 cm³/mol. The van der Waals surface area contributed by atoms with Crippen molar-refractivity contribution in [3.8, 4) is 0 Å². The van der Waals surface area contributed by atoms with Crippen molar-refractivity contribution in [1.82, 2.24) is 4.98 Å². The Morgan fingerprint density at radius 1 is 1.12 bits per heavy atom. The Balaban J connectivity index is 1.65. The summed E-state index contributed by atoms with van der Waals surface area (Å²) in [5, 5.41) is 4.44. The minimum Gasteiger partial charge on any atom is -0.383 e. The van der Waals surface area contributed by atoms with E-state index >= 15 is 0 Å². The van der Waals surface area contributed by atoms with Gasteiger partial charge in [0.05, 0.1) is 11.2 Å². The lowest BCUT2D eigenvalue weighted by atomic mass is 10.2. The maximum absolute atomic E-state index is 12.6. The molecule has 0 spiro atoms. The third-order valence-corrected chi connectivity index (χ3v) is 4.22. The van der Waals surface area contributed by atoms with E-state index in [1.165, 1.54) is 0 Å². The first-order chi connectivity index (χ1) is 12.2. The number of nitrogens with zero attached hydrogens (tertiary/aromatic N) is 2. The molecule has 0 aliphatic carbocycles. The highest BCUT2D eigenvalue weighted by molar-refractivity contribution is 5.94. The number of nitrogens with one attached hydrogen (secondary N) is 1. The SMILES string of the molecule is CCN(C(=O)CCNc1cccc2cccnc12)c1cccc(C)c1. The third kappa shape index (κ3) is 3.97. The van der Waals surface area contributed by atoms with Crippen LogP contribution in [0.1, 0.15) is 18.9 Å². The second kappa shape index (κ2) is 7.79. The van der Waals surface area contributed by atoms with Crippen LogP contribution in [0.3, 0.4) is 0 Å². The van der Waals surface area contributed by atoms with E-state index in [0.717, 1.165) is 27.8 Å². The summed E-state index contributed by atoms with van der Waals surface area (Å²) in [6, 6.07) is 18.1. The summed E-state index contributed by atoms with van der Waals surface area (Å²) < 4.78 is 0. The summed E-state index contributed by atoms with van der Waals surface area (Å²) in [5.41, 5.74) is 4.01. The van der Waals surface area contributed by atoms with E-state index in [-0.39, 0.29) is 5.91 Å². The molecule has 0 unspecified atom stereocenters. The largest absolute Gasteiger partial charge is 0.383 e. The molecular weight excluding hydrogens is 310 g/mol. The van der Waals surface area contributed by atoms with E-state index in [0.29, 0.717) is 19.5 Å². The number of aryl methyl sites for hydroxylation is 1. The number of hydrogen-bond acceptors (Lipinski definition) is 3. The van der Waals surface area contributed by atoms with Crippen LogP contribution in [-0.2, 0) is 4.79 Å². The van der Waals surface area contributed by atoms with Crippen LogP contribution in [0.2, 0.25) is 0 Å². The normalized spacial score (nSPS) is 10.6. The molecule has 1 heterocycles. The van der Waals surface area contributed by atoms with Crippen molar-refractivity contribution < 1.29 is 4.79 Å². The Hall–Kier alpha value is -2.88. The number of hydrogen-bond donors (Lipinski definition) is 1. The van der Waals surface area contributed by atoms with E-state index in [2.05, 4.69) is 10.3 Å². The molecule has 0 aliphatic heterocycles. The summed E-state index contributed by atoms with van der Waals surface area (Å²) in [7, 11) is 0. The van der Waals surface area contributed by atoms with E-state index < -0.39 is 0 Å². The zero-order valence-corrected chi connectivity index (χ0v) is 14.7. The van der Waals surface area contributed by atoms with Gasteiger partial charge >= 0.3 is 0 Å². The van der Waals surface area contributed by atoms with Gasteiger partial charge < -0.3 is 10.2 Å². The van der Waals surface area contributed by atoms with Gasteiger partial charge in [0, 0.05) is 36.8 Å². The maximum atomic E-state index is 12.6. The smallest absolute Gasteiger partial charge is 0.228 e. The van der Waals surface area contributed by atoms with Gasteiger partial charge in [0.15, 0.2) is 0 Å². The fourth-order valence-corrected chi connectivity index (χ4v) is 2.98. The molecule has 3 rings (SSSR count). The highest BCUT2D eigenvalue weighted by atomic mass is 16.2. The summed E-state index contributed by atoms with van der Waals surface area (Å²) in [6.07, 6.45) is 2.22. The number of anilines is 2. The van der Waals surface area contributed by atoms with Gasteiger partial charge in [-0.2, -0.15) is 0 Å². The Labute approximate surface area is 148 Å². The van der Waals surface area contributed by atoms with Gasteiger partial charge in [-0.3, -0.25) is 9.78 Å². The van der Waals surface area contributed by atoms with Gasteiger partial charge in [-0.25, -0.2) is 0 Å². The van der Waals surface area contributed by atoms with Crippen LogP contribution in [0.15, 0.2) is 60.8 Å². The molecule has 1 aromatic heterocycles. The average molecular weight is 333 g/mol. The number of para-hydroxylation sites is 1. The first-order valence-corrected chi connectivity index (χ1v) is 8.63. The van der Waals surface area contributed by atoms with Crippen LogP contribution in [0.4, 0.5) is 11.4 Å². The van der Waals surface area contributed by atoms with Crippen LogP contribution in [0, 0.1) is 6.92 Å². The van der Waals surface area contributed by atoms with Crippen molar-refractivity contribution in [2.75, 3.05) is 23.3 Å². The Morgan fingerprint density at radius 2 is 1.92 bits per heavy atom. The fourth-order valence-electron chi connectivity index (χ4n) is 2.98. The fraction of sp³-hybridized carbons (Fsp3) is 0.238. The molecule has 0 fully saturated rings. The Morgan fingerprint density at radius 3 is 2.72 bits per heavy atom. The summed E-state index contributed by atoms with van der Waals surface area (Å²) in [4.78, 5) is 18.9. The predicted octanol–water partition coefficient (Wildman–Crippen LogP) is 4.40.